The number of hydrogen-bond donors (Lipinski definition) is 0. The molecule has 0 N–H and O–H groups in total. The highest BCUT2D eigenvalue weighted by Crippen LogP contribution is 2.13. The zero-order valence-electron chi connectivity index (χ0n) is 11.1. The summed E-state index contributed by atoms with van der Waals surface area (Å²) in [7, 11) is -1.12. The Bertz CT molecular complexity index is 264. The van der Waals surface area contributed by atoms with Crippen LogP contribution < -0.4 is 0 Å². The van der Waals surface area contributed by atoms with Crippen molar-refractivity contribution in [1.82, 2.24) is 0 Å². The molecule has 3 heteroatoms. The molecule has 1 atom stereocenters. The molecule has 0 spiro atoms. The first-order valence-corrected chi connectivity index (χ1v) is 7.09. The Morgan fingerprint density at radius 3 is 2.50 bits per heavy atom. The van der Waals surface area contributed by atoms with Crippen molar-refractivity contribution < 1.29 is 4.21 Å². The predicted molar refractivity (Wildman–Crippen MR) is 74.3 cm³/mol. The highest BCUT2D eigenvalue weighted by molar-refractivity contribution is 7.85. The van der Waals surface area contributed by atoms with E-state index in [-0.39, 0.29) is 4.75 Å². The smallest absolute Gasteiger partial charge is 0.144 e. The van der Waals surface area contributed by atoms with Gasteiger partial charge in [0.15, 0.2) is 0 Å². The standard InChI is InChI=1S/C13H25NOS/c1-6-7-9-12(2)10-8-11-14-16(15)13(3,4)5/h11H,2,6-10H2,1,3-5H3/b14-11+. The Morgan fingerprint density at radius 1 is 1.38 bits per heavy atom. The summed E-state index contributed by atoms with van der Waals surface area (Å²) >= 11 is 0. The van der Waals surface area contributed by atoms with Crippen molar-refractivity contribution in [1.29, 1.82) is 0 Å². The summed E-state index contributed by atoms with van der Waals surface area (Å²) in [5.41, 5.74) is 1.27. The van der Waals surface area contributed by atoms with E-state index in [1.165, 1.54) is 18.4 Å². The van der Waals surface area contributed by atoms with Gasteiger partial charge in [-0.2, -0.15) is 4.40 Å². The average Bonchev–Trinajstić information content (AvgIpc) is 2.19. The van der Waals surface area contributed by atoms with Crippen molar-refractivity contribution in [2.45, 2.75) is 64.5 Å². The van der Waals surface area contributed by atoms with Gasteiger partial charge in [0.2, 0.25) is 0 Å². The zero-order valence-corrected chi connectivity index (χ0v) is 11.9. The molecule has 0 bridgehead atoms. The Kier molecular flexibility index (Phi) is 7.56. The molecular weight excluding hydrogens is 218 g/mol. The summed E-state index contributed by atoms with van der Waals surface area (Å²) in [5, 5.41) is 0. The first-order chi connectivity index (χ1) is 7.38. The summed E-state index contributed by atoms with van der Waals surface area (Å²) in [6.07, 6.45) is 7.12. The average molecular weight is 243 g/mol. The third kappa shape index (κ3) is 7.80. The van der Waals surface area contributed by atoms with Crippen LogP contribution in [0.25, 0.3) is 0 Å². The molecule has 0 rings (SSSR count). The van der Waals surface area contributed by atoms with Crippen LogP contribution in [-0.2, 0) is 11.0 Å². The minimum Gasteiger partial charge on any atom is -0.234 e. The molecule has 94 valence electrons. The van der Waals surface area contributed by atoms with E-state index in [2.05, 4.69) is 17.9 Å². The van der Waals surface area contributed by atoms with Crippen molar-refractivity contribution in [3.05, 3.63) is 12.2 Å². The largest absolute Gasteiger partial charge is 0.234 e. The number of rotatable bonds is 7. The van der Waals surface area contributed by atoms with Gasteiger partial charge < -0.3 is 0 Å². The van der Waals surface area contributed by atoms with Gasteiger partial charge in [-0.05, 0) is 46.5 Å². The molecule has 0 amide bonds. The number of allylic oxidation sites excluding steroid dienone is 1. The molecule has 0 heterocycles. The lowest BCUT2D eigenvalue weighted by atomic mass is 10.1. The van der Waals surface area contributed by atoms with Crippen molar-refractivity contribution in [2.75, 3.05) is 0 Å². The van der Waals surface area contributed by atoms with Crippen molar-refractivity contribution in [2.24, 2.45) is 4.40 Å². The SMILES string of the molecule is C=C(CC/C=N/S(=O)C(C)(C)C)CCCC. The third-order valence-electron chi connectivity index (χ3n) is 2.21. The van der Waals surface area contributed by atoms with Crippen LogP contribution in [0, 0.1) is 0 Å². The Hall–Kier alpha value is -0.440. The van der Waals surface area contributed by atoms with Crippen LogP contribution in [0.2, 0.25) is 0 Å². The zero-order chi connectivity index (χ0) is 12.6. The molecule has 0 fully saturated rings. The van der Waals surface area contributed by atoms with E-state index in [9.17, 15) is 4.21 Å². The number of unbranched alkanes of at least 4 members (excludes halogenated alkanes) is 1. The molecular formula is C13H25NOS. The molecule has 0 radical (unpaired) electrons. The van der Waals surface area contributed by atoms with E-state index >= 15 is 0 Å². The summed E-state index contributed by atoms with van der Waals surface area (Å²) in [4.78, 5) is 0. The van der Waals surface area contributed by atoms with Gasteiger partial charge in [0, 0.05) is 6.21 Å². The summed E-state index contributed by atoms with van der Waals surface area (Å²) in [6, 6.07) is 0. The first kappa shape index (κ1) is 15.6. The van der Waals surface area contributed by atoms with E-state index in [0.29, 0.717) is 0 Å². The second-order valence-electron chi connectivity index (χ2n) is 5.04. The molecule has 0 aliphatic carbocycles. The van der Waals surface area contributed by atoms with Crippen molar-refractivity contribution >= 4 is 17.2 Å². The van der Waals surface area contributed by atoms with Crippen LogP contribution in [0.4, 0.5) is 0 Å². The van der Waals surface area contributed by atoms with Gasteiger partial charge >= 0.3 is 0 Å². The van der Waals surface area contributed by atoms with Gasteiger partial charge in [0.1, 0.15) is 11.0 Å². The van der Waals surface area contributed by atoms with E-state index in [4.69, 9.17) is 0 Å². The molecule has 0 aliphatic rings. The van der Waals surface area contributed by atoms with Gasteiger partial charge in [-0.25, -0.2) is 4.21 Å². The number of hydrogen-bond acceptors (Lipinski definition) is 1. The summed E-state index contributed by atoms with van der Waals surface area (Å²) < 4.78 is 15.4. The van der Waals surface area contributed by atoms with Crippen LogP contribution in [-0.4, -0.2) is 15.2 Å². The van der Waals surface area contributed by atoms with E-state index < -0.39 is 11.0 Å². The monoisotopic (exact) mass is 243 g/mol. The molecule has 16 heavy (non-hydrogen) atoms. The molecule has 0 saturated heterocycles. The van der Waals surface area contributed by atoms with Gasteiger partial charge in [0.25, 0.3) is 0 Å². The fourth-order valence-electron chi connectivity index (χ4n) is 1.10. The van der Waals surface area contributed by atoms with Gasteiger partial charge in [-0.15, -0.1) is 0 Å². The van der Waals surface area contributed by atoms with Crippen molar-refractivity contribution in [3.63, 3.8) is 0 Å². The second kappa shape index (κ2) is 7.77. The minimum absolute atomic E-state index is 0.254. The maximum Gasteiger partial charge on any atom is 0.144 e. The van der Waals surface area contributed by atoms with Crippen LogP contribution >= 0.6 is 0 Å². The van der Waals surface area contributed by atoms with Gasteiger partial charge in [-0.3, -0.25) is 0 Å². The van der Waals surface area contributed by atoms with Crippen molar-refractivity contribution in [3.8, 4) is 0 Å². The van der Waals surface area contributed by atoms with Crippen LogP contribution in [0.1, 0.15) is 59.8 Å². The Balaban J connectivity index is 3.78. The van der Waals surface area contributed by atoms with Gasteiger partial charge in [0.05, 0.1) is 4.75 Å². The van der Waals surface area contributed by atoms with E-state index in [0.717, 1.165) is 19.3 Å². The lowest BCUT2D eigenvalue weighted by Crippen LogP contribution is -2.19. The highest BCUT2D eigenvalue weighted by atomic mass is 32.2. The number of nitrogens with zero attached hydrogens (tertiary/aromatic N) is 1. The second-order valence-corrected chi connectivity index (χ2v) is 6.98. The highest BCUT2D eigenvalue weighted by Gasteiger charge is 2.17. The fraction of sp³-hybridized carbons (Fsp3) is 0.769. The Labute approximate surface area is 103 Å². The van der Waals surface area contributed by atoms with E-state index in [1.807, 2.05) is 20.8 Å². The molecule has 0 aromatic rings. The van der Waals surface area contributed by atoms with Gasteiger partial charge in [-0.1, -0.05) is 25.5 Å². The summed E-state index contributed by atoms with van der Waals surface area (Å²) in [5.74, 6) is 0. The van der Waals surface area contributed by atoms with E-state index in [1.54, 1.807) is 6.21 Å². The topological polar surface area (TPSA) is 29.4 Å². The van der Waals surface area contributed by atoms with Crippen LogP contribution in [0.5, 0.6) is 0 Å². The maximum absolute atomic E-state index is 11.6. The lowest BCUT2D eigenvalue weighted by Gasteiger charge is -2.12. The third-order valence-corrected chi connectivity index (χ3v) is 3.59. The molecule has 0 aliphatic heterocycles. The quantitative estimate of drug-likeness (QED) is 0.490. The Morgan fingerprint density at radius 2 is 2.00 bits per heavy atom. The molecule has 2 nitrogen and oxygen atoms in total. The normalized spacial score (nSPS) is 14.2. The molecule has 0 aromatic heterocycles. The fourth-order valence-corrected chi connectivity index (χ4v) is 1.66. The van der Waals surface area contributed by atoms with Crippen LogP contribution in [0.3, 0.4) is 0 Å². The predicted octanol–water partition coefficient (Wildman–Crippen LogP) is 4.05. The molecule has 1 unspecified atom stereocenters. The first-order valence-electron chi connectivity index (χ1n) is 5.99. The van der Waals surface area contributed by atoms with Crippen LogP contribution in [0.15, 0.2) is 16.5 Å². The molecule has 0 aromatic carbocycles. The minimum atomic E-state index is -1.12. The lowest BCUT2D eigenvalue weighted by molar-refractivity contribution is 0.650. The maximum atomic E-state index is 11.6. The summed E-state index contributed by atoms with van der Waals surface area (Å²) in [6.45, 7) is 12.0. The molecule has 0 saturated carbocycles.